The van der Waals surface area contributed by atoms with Crippen LogP contribution < -0.4 is 6.15 Å². The van der Waals surface area contributed by atoms with Crippen LogP contribution in [0.2, 0.25) is 0 Å². The average Bonchev–Trinajstić information content (AvgIpc) is 2.53. The van der Waals surface area contributed by atoms with Crippen molar-refractivity contribution in [2.45, 2.75) is 0 Å². The van der Waals surface area contributed by atoms with Crippen LogP contribution >= 0.6 is 0 Å². The first-order valence-corrected chi connectivity index (χ1v) is 6.87. The van der Waals surface area contributed by atoms with E-state index in [2.05, 4.69) is 0 Å². The van der Waals surface area contributed by atoms with Crippen molar-refractivity contribution in [3.05, 3.63) is 89.5 Å². The summed E-state index contributed by atoms with van der Waals surface area (Å²) < 4.78 is 0. The topological polar surface area (TPSA) is 92.5 Å². The van der Waals surface area contributed by atoms with E-state index in [9.17, 15) is 15.0 Å². The highest BCUT2D eigenvalue weighted by molar-refractivity contribution is 6.03. The van der Waals surface area contributed by atoms with Crippen LogP contribution in [0.15, 0.2) is 78.4 Å². The summed E-state index contributed by atoms with van der Waals surface area (Å²) in [6.45, 7) is 0. The summed E-state index contributed by atoms with van der Waals surface area (Å²) in [5.74, 6) is 0.354. The minimum atomic E-state index is -0.0421. The molecular weight excluding hydrogens is 290 g/mol. The maximum atomic E-state index is 11.3. The largest absolute Gasteiger partial charge is 0.508 e. The predicted molar refractivity (Wildman–Crippen MR) is 90.5 cm³/mol. The molecule has 0 saturated heterocycles. The van der Waals surface area contributed by atoms with Crippen molar-refractivity contribution in [2.24, 2.45) is 0 Å². The molecular formula is C19H17NO3. The van der Waals surface area contributed by atoms with Gasteiger partial charge in [0.1, 0.15) is 11.5 Å². The molecule has 23 heavy (non-hydrogen) atoms. The summed E-state index contributed by atoms with van der Waals surface area (Å²) in [5.41, 5.74) is 3.67. The van der Waals surface area contributed by atoms with E-state index in [1.807, 2.05) is 24.3 Å². The van der Waals surface area contributed by atoms with Gasteiger partial charge in [0.15, 0.2) is 5.78 Å². The van der Waals surface area contributed by atoms with Crippen LogP contribution in [0.3, 0.4) is 0 Å². The number of phenols is 2. The van der Waals surface area contributed by atoms with Gasteiger partial charge in [-0.05, 0) is 58.7 Å². The maximum Gasteiger partial charge on any atom is 0.178 e. The number of hydrogen-bond donors (Lipinski definition) is 3. The van der Waals surface area contributed by atoms with Crippen LogP contribution in [0, 0.1) is 0 Å². The third-order valence-corrected chi connectivity index (χ3v) is 3.45. The molecule has 0 unspecified atom stereocenters. The van der Waals surface area contributed by atoms with Crippen molar-refractivity contribution in [1.29, 1.82) is 0 Å². The molecule has 1 aliphatic rings. The lowest BCUT2D eigenvalue weighted by Crippen LogP contribution is -1.97. The van der Waals surface area contributed by atoms with E-state index in [4.69, 9.17) is 0 Å². The van der Waals surface area contributed by atoms with Gasteiger partial charge >= 0.3 is 0 Å². The fourth-order valence-corrected chi connectivity index (χ4v) is 2.38. The Bertz CT molecular complexity index is 732. The number of ketones is 1. The van der Waals surface area contributed by atoms with Crippen LogP contribution in [-0.2, 0) is 4.79 Å². The molecule has 2 aromatic carbocycles. The molecule has 4 heteroatoms. The van der Waals surface area contributed by atoms with Crippen molar-refractivity contribution in [1.82, 2.24) is 6.15 Å². The summed E-state index contributed by atoms with van der Waals surface area (Å²) in [5, 5.41) is 18.9. The average molecular weight is 307 g/mol. The molecule has 1 aliphatic carbocycles. The van der Waals surface area contributed by atoms with Gasteiger partial charge in [-0.2, -0.15) is 0 Å². The number of carbonyl (C=O) groups excluding carboxylic acids is 1. The van der Waals surface area contributed by atoms with Gasteiger partial charge in [-0.15, -0.1) is 0 Å². The zero-order chi connectivity index (χ0) is 15.5. The van der Waals surface area contributed by atoms with Crippen LogP contribution in [-0.4, -0.2) is 16.0 Å². The Morgan fingerprint density at radius 3 is 1.43 bits per heavy atom. The molecule has 116 valence electrons. The lowest BCUT2D eigenvalue weighted by molar-refractivity contribution is -0.110. The van der Waals surface area contributed by atoms with Crippen molar-refractivity contribution in [2.75, 3.05) is 0 Å². The van der Waals surface area contributed by atoms with Crippen molar-refractivity contribution in [3.63, 3.8) is 0 Å². The van der Waals surface area contributed by atoms with Gasteiger partial charge in [0.2, 0.25) is 0 Å². The van der Waals surface area contributed by atoms with Crippen molar-refractivity contribution in [3.8, 4) is 11.5 Å². The summed E-state index contributed by atoms with van der Waals surface area (Å²) in [6.07, 6.45) is 6.60. The van der Waals surface area contributed by atoms with E-state index in [1.165, 1.54) is 12.2 Å². The second-order valence-electron chi connectivity index (χ2n) is 4.99. The fraction of sp³-hybridized carbons (Fsp3) is 0. The van der Waals surface area contributed by atoms with Gasteiger partial charge in [0, 0.05) is 0 Å². The highest BCUT2D eigenvalue weighted by Gasteiger charge is 2.11. The molecule has 0 spiro atoms. The molecule has 3 rings (SSSR count). The number of carbonyl (C=O) groups is 1. The van der Waals surface area contributed by atoms with Crippen molar-refractivity contribution < 1.29 is 15.0 Å². The number of benzene rings is 2. The quantitative estimate of drug-likeness (QED) is 0.787. The van der Waals surface area contributed by atoms with Gasteiger partial charge in [0.25, 0.3) is 0 Å². The first-order chi connectivity index (χ1) is 10.6. The number of rotatable bonds is 2. The summed E-state index contributed by atoms with van der Waals surface area (Å²) in [6, 6.07) is 13.8. The number of allylic oxidation sites excluding steroid dienone is 5. The van der Waals surface area contributed by atoms with E-state index in [-0.39, 0.29) is 23.4 Å². The molecule has 0 bridgehead atoms. The van der Waals surface area contributed by atoms with E-state index >= 15 is 0 Å². The molecule has 0 aromatic heterocycles. The molecule has 0 atom stereocenters. The second kappa shape index (κ2) is 6.77. The Morgan fingerprint density at radius 1 is 0.652 bits per heavy atom. The third-order valence-electron chi connectivity index (χ3n) is 3.45. The third kappa shape index (κ3) is 3.56. The summed E-state index contributed by atoms with van der Waals surface area (Å²) in [7, 11) is 0. The minimum absolute atomic E-state index is 0. The molecule has 0 heterocycles. The summed E-state index contributed by atoms with van der Waals surface area (Å²) in [4.78, 5) is 11.3. The zero-order valence-electron chi connectivity index (χ0n) is 12.4. The lowest BCUT2D eigenvalue weighted by atomic mass is 9.91. The Morgan fingerprint density at radius 2 is 1.04 bits per heavy atom. The molecule has 0 radical (unpaired) electrons. The zero-order valence-corrected chi connectivity index (χ0v) is 12.4. The normalized spacial score (nSPS) is 12.9. The molecule has 4 nitrogen and oxygen atoms in total. The molecule has 0 aliphatic heterocycles. The Balaban J connectivity index is 0.00000192. The first kappa shape index (κ1) is 16.3. The van der Waals surface area contributed by atoms with Crippen molar-refractivity contribution >= 4 is 11.4 Å². The number of aromatic hydroxyl groups is 2. The smallest absolute Gasteiger partial charge is 0.178 e. The molecule has 2 aromatic rings. The predicted octanol–water partition coefficient (Wildman–Crippen LogP) is 3.76. The van der Waals surface area contributed by atoms with Gasteiger partial charge < -0.3 is 16.4 Å². The standard InChI is InChI=1S/C19H14O3.H3N/c20-16-7-1-13(2-8-16)19(14-3-9-17(21)10-4-14)15-5-11-18(22)12-6-15;/h1-12,20-21H;1H3. The van der Waals surface area contributed by atoms with Crippen LogP contribution in [0.25, 0.3) is 5.57 Å². The van der Waals surface area contributed by atoms with Gasteiger partial charge in [-0.1, -0.05) is 36.4 Å². The van der Waals surface area contributed by atoms with E-state index in [1.54, 1.807) is 36.4 Å². The van der Waals surface area contributed by atoms with Gasteiger partial charge in [-0.3, -0.25) is 4.79 Å². The maximum absolute atomic E-state index is 11.3. The Kier molecular flexibility index (Phi) is 4.79. The molecule has 0 saturated carbocycles. The SMILES string of the molecule is N.O=C1C=CC(=C(c2ccc(O)cc2)c2ccc(O)cc2)C=C1. The monoisotopic (exact) mass is 307 g/mol. The molecule has 0 amide bonds. The minimum Gasteiger partial charge on any atom is -0.508 e. The lowest BCUT2D eigenvalue weighted by Gasteiger charge is -2.13. The van der Waals surface area contributed by atoms with Crippen LogP contribution in [0.1, 0.15) is 11.1 Å². The van der Waals surface area contributed by atoms with E-state index < -0.39 is 0 Å². The fourth-order valence-electron chi connectivity index (χ4n) is 2.38. The Labute approximate surface area is 134 Å². The van der Waals surface area contributed by atoms with Gasteiger partial charge in [0.05, 0.1) is 0 Å². The van der Waals surface area contributed by atoms with Crippen LogP contribution in [0.5, 0.6) is 11.5 Å². The Hall–Kier alpha value is -3.11. The van der Waals surface area contributed by atoms with E-state index in [0.717, 1.165) is 22.3 Å². The van der Waals surface area contributed by atoms with E-state index in [0.29, 0.717) is 0 Å². The number of phenolic OH excluding ortho intramolecular Hbond substituents is 2. The molecule has 5 N–H and O–H groups in total. The van der Waals surface area contributed by atoms with Gasteiger partial charge in [-0.25, -0.2) is 0 Å². The summed E-state index contributed by atoms with van der Waals surface area (Å²) >= 11 is 0. The second-order valence-corrected chi connectivity index (χ2v) is 4.99. The first-order valence-electron chi connectivity index (χ1n) is 6.87. The number of hydrogen-bond acceptors (Lipinski definition) is 4. The highest BCUT2D eigenvalue weighted by Crippen LogP contribution is 2.31. The highest BCUT2D eigenvalue weighted by atomic mass is 16.3. The molecule has 0 fully saturated rings. The van der Waals surface area contributed by atoms with Crippen LogP contribution in [0.4, 0.5) is 0 Å².